The third-order valence-corrected chi connectivity index (χ3v) is 6.54. The first kappa shape index (κ1) is 25.4. The minimum Gasteiger partial charge on any atom is -0.481 e. The second kappa shape index (κ2) is 11.3. The number of thiol groups is 1. The zero-order valence-electron chi connectivity index (χ0n) is 18.1. The molecular weight excluding hydrogens is 467 g/mol. The maximum atomic E-state index is 14.6. The van der Waals surface area contributed by atoms with Crippen LogP contribution < -0.4 is 0 Å². The fourth-order valence-electron chi connectivity index (χ4n) is 4.12. The van der Waals surface area contributed by atoms with Gasteiger partial charge in [-0.25, -0.2) is 4.39 Å². The van der Waals surface area contributed by atoms with Crippen molar-refractivity contribution < 1.29 is 19.1 Å². The maximum Gasteiger partial charge on any atom is 0.303 e. The Labute approximate surface area is 203 Å². The van der Waals surface area contributed by atoms with Crippen molar-refractivity contribution in [2.45, 2.75) is 49.9 Å². The summed E-state index contributed by atoms with van der Waals surface area (Å²) in [7, 11) is 0. The van der Waals surface area contributed by atoms with Crippen LogP contribution >= 0.6 is 25.0 Å². The summed E-state index contributed by atoms with van der Waals surface area (Å²) in [4.78, 5) is 27.4. The molecular formula is C23H28ClFN4O3S. The van der Waals surface area contributed by atoms with Crippen molar-refractivity contribution in [2.75, 3.05) is 13.1 Å². The average Bonchev–Trinajstić information content (AvgIpc) is 3.52. The molecule has 1 N–H and O–H groups in total. The molecule has 178 valence electrons. The molecule has 2 unspecified atom stereocenters. The molecule has 1 aliphatic carbocycles. The molecule has 1 saturated carbocycles. The van der Waals surface area contributed by atoms with Gasteiger partial charge in [-0.15, -0.1) is 12.4 Å². The Morgan fingerprint density at radius 1 is 1.27 bits per heavy atom. The van der Waals surface area contributed by atoms with Gasteiger partial charge in [-0.1, -0.05) is 18.2 Å². The van der Waals surface area contributed by atoms with E-state index in [4.69, 9.17) is 17.7 Å². The zero-order valence-corrected chi connectivity index (χ0v) is 19.8. The summed E-state index contributed by atoms with van der Waals surface area (Å²) in [5.41, 5.74) is 2.10. The van der Waals surface area contributed by atoms with Crippen LogP contribution in [0.5, 0.6) is 0 Å². The average molecular weight is 495 g/mol. The number of aromatic nitrogens is 3. The molecule has 0 amide bonds. The van der Waals surface area contributed by atoms with Crippen molar-refractivity contribution in [1.29, 1.82) is 0 Å². The third-order valence-electron chi connectivity index (χ3n) is 5.95. The molecule has 0 spiro atoms. The van der Waals surface area contributed by atoms with Crippen LogP contribution in [0.2, 0.25) is 0 Å². The first-order valence-corrected chi connectivity index (χ1v) is 11.5. The number of carbonyl (C=O) groups is 2. The van der Waals surface area contributed by atoms with Gasteiger partial charge in [0.15, 0.2) is 5.78 Å². The molecule has 2 atom stereocenters. The molecule has 0 bridgehead atoms. The summed E-state index contributed by atoms with van der Waals surface area (Å²) in [6.07, 6.45) is 6.57. The van der Waals surface area contributed by atoms with E-state index >= 15 is 0 Å². The zero-order chi connectivity index (χ0) is 22.7. The second-order valence-electron chi connectivity index (χ2n) is 8.46. The number of piperidine rings is 1. The van der Waals surface area contributed by atoms with Crippen molar-refractivity contribution in [3.63, 3.8) is 0 Å². The molecule has 1 saturated heterocycles. The largest absolute Gasteiger partial charge is 0.481 e. The van der Waals surface area contributed by atoms with Gasteiger partial charge in [-0.05, 0) is 43.4 Å². The first-order valence-electron chi connectivity index (χ1n) is 10.9. The number of halogens is 2. The van der Waals surface area contributed by atoms with Crippen molar-refractivity contribution in [3.8, 4) is 0 Å². The molecule has 10 heteroatoms. The highest BCUT2D eigenvalue weighted by Crippen LogP contribution is 2.39. The Hall–Kier alpha value is -2.23. The summed E-state index contributed by atoms with van der Waals surface area (Å²) in [5, 5.41) is 17.4. The van der Waals surface area contributed by atoms with Crippen LogP contribution in [0.3, 0.4) is 0 Å². The quantitative estimate of drug-likeness (QED) is 0.515. The highest BCUT2D eigenvalue weighted by atomic mass is 35.5. The molecule has 1 aliphatic heterocycles. The van der Waals surface area contributed by atoms with Gasteiger partial charge in [-0.3, -0.25) is 14.5 Å². The van der Waals surface area contributed by atoms with Gasteiger partial charge in [0.05, 0.1) is 18.8 Å². The van der Waals surface area contributed by atoms with Crippen molar-refractivity contribution in [1.82, 2.24) is 19.9 Å². The fourth-order valence-corrected chi connectivity index (χ4v) is 4.39. The molecule has 1 aromatic carbocycles. The minimum absolute atomic E-state index is 0. The van der Waals surface area contributed by atoms with Gasteiger partial charge in [0.1, 0.15) is 11.5 Å². The lowest BCUT2D eigenvalue weighted by Gasteiger charge is -2.37. The van der Waals surface area contributed by atoms with E-state index in [-0.39, 0.29) is 41.6 Å². The van der Waals surface area contributed by atoms with Gasteiger partial charge < -0.3 is 5.11 Å². The smallest absolute Gasteiger partial charge is 0.303 e. The number of carbonyl (C=O) groups excluding carboxylic acids is 1. The van der Waals surface area contributed by atoms with E-state index < -0.39 is 12.0 Å². The molecule has 33 heavy (non-hydrogen) atoms. The van der Waals surface area contributed by atoms with Crippen LogP contribution in [0, 0.1) is 11.7 Å². The van der Waals surface area contributed by atoms with Crippen molar-refractivity contribution >= 4 is 42.9 Å². The number of aryl methyl sites for hydroxylation is 1. The second-order valence-corrected chi connectivity index (χ2v) is 9.08. The lowest BCUT2D eigenvalue weighted by atomic mass is 9.93. The number of carboxylic acid groups (broad SMARTS) is 1. The Morgan fingerprint density at radius 3 is 2.73 bits per heavy atom. The topological polar surface area (TPSA) is 88.3 Å². The number of nitrogens with zero attached hydrogens (tertiary/aromatic N) is 4. The number of ketones is 1. The van der Waals surface area contributed by atoms with E-state index in [1.165, 1.54) is 10.9 Å². The van der Waals surface area contributed by atoms with Gasteiger partial charge in [0, 0.05) is 36.2 Å². The molecule has 2 fully saturated rings. The standard InChI is InChI=1S/C23H27FN4O3S.ClH/c24-19-5-2-1-4-18(19)22(23(31)15-7-8-15)27-11-9-20(32)16(14-27)12-17-13-25-28(26-17)10-3-6-21(29)30;/h1-2,4-5,12-13,15,20,22,32H,3,6-11,14H2,(H,29,30);1H. The van der Waals surface area contributed by atoms with E-state index in [9.17, 15) is 14.0 Å². The molecule has 2 heterocycles. The highest BCUT2D eigenvalue weighted by Gasteiger charge is 2.40. The molecule has 4 rings (SSSR count). The summed E-state index contributed by atoms with van der Waals surface area (Å²) in [6.45, 7) is 1.58. The van der Waals surface area contributed by atoms with Gasteiger partial charge >= 0.3 is 5.97 Å². The molecule has 2 aromatic rings. The normalized spacial score (nSPS) is 20.9. The number of hydrogen-bond donors (Lipinski definition) is 2. The Bertz CT molecular complexity index is 1030. The Morgan fingerprint density at radius 2 is 2.03 bits per heavy atom. The lowest BCUT2D eigenvalue weighted by Crippen LogP contribution is -2.42. The Balaban J connectivity index is 0.00000306. The van der Waals surface area contributed by atoms with Crippen LogP contribution in [0.4, 0.5) is 4.39 Å². The Kier molecular flexibility index (Phi) is 8.67. The first-order chi connectivity index (χ1) is 15.4. The number of benzene rings is 1. The van der Waals surface area contributed by atoms with E-state index in [0.717, 1.165) is 24.8 Å². The van der Waals surface area contributed by atoms with Crippen LogP contribution in [0.1, 0.15) is 49.4 Å². The molecule has 1 aromatic heterocycles. The minimum atomic E-state index is -0.843. The predicted molar refractivity (Wildman–Crippen MR) is 128 cm³/mol. The van der Waals surface area contributed by atoms with Gasteiger partial charge in [0.25, 0.3) is 0 Å². The predicted octanol–water partition coefficient (Wildman–Crippen LogP) is 3.81. The van der Waals surface area contributed by atoms with E-state index in [1.54, 1.807) is 24.4 Å². The van der Waals surface area contributed by atoms with Crippen molar-refractivity contribution in [2.24, 2.45) is 5.92 Å². The summed E-state index contributed by atoms with van der Waals surface area (Å²) < 4.78 is 14.6. The van der Waals surface area contributed by atoms with Gasteiger partial charge in [-0.2, -0.15) is 27.6 Å². The number of Topliss-reactive ketones (excluding diaryl/α,β-unsaturated/α-hetero) is 1. The summed E-state index contributed by atoms with van der Waals surface area (Å²) in [6, 6.07) is 5.94. The van der Waals surface area contributed by atoms with Crippen LogP contribution in [0.15, 0.2) is 36.0 Å². The number of rotatable bonds is 9. The van der Waals surface area contributed by atoms with Crippen molar-refractivity contribution in [3.05, 3.63) is 53.1 Å². The number of hydrogen-bond acceptors (Lipinski definition) is 6. The number of carboxylic acids is 1. The summed E-state index contributed by atoms with van der Waals surface area (Å²) in [5.74, 6) is -1.08. The molecule has 2 aliphatic rings. The van der Waals surface area contributed by atoms with E-state index in [1.807, 2.05) is 6.08 Å². The lowest BCUT2D eigenvalue weighted by molar-refractivity contribution is -0.137. The molecule has 0 radical (unpaired) electrons. The number of likely N-dealkylation sites (tertiary alicyclic amines) is 1. The van der Waals surface area contributed by atoms with E-state index in [0.29, 0.717) is 37.3 Å². The SMILES string of the molecule is Cl.O=C(O)CCCn1ncc(C=C2CN(C(C(=O)C3CC3)c3ccccc3F)CCC2S)n1. The highest BCUT2D eigenvalue weighted by molar-refractivity contribution is 7.81. The summed E-state index contributed by atoms with van der Waals surface area (Å²) >= 11 is 4.72. The fraction of sp³-hybridized carbons (Fsp3) is 0.478. The number of aliphatic carboxylic acids is 1. The monoisotopic (exact) mass is 494 g/mol. The van der Waals surface area contributed by atoms with Crippen LogP contribution in [0.25, 0.3) is 6.08 Å². The van der Waals surface area contributed by atoms with Gasteiger partial charge in [0.2, 0.25) is 0 Å². The van der Waals surface area contributed by atoms with Crippen LogP contribution in [-0.2, 0) is 16.1 Å². The van der Waals surface area contributed by atoms with E-state index in [2.05, 4.69) is 15.1 Å². The van der Waals surface area contributed by atoms with Crippen LogP contribution in [-0.4, -0.2) is 55.1 Å². The maximum absolute atomic E-state index is 14.6. The molecule has 7 nitrogen and oxygen atoms in total. The third kappa shape index (κ3) is 6.43.